The number of phenolic OH excluding ortho intramolecular Hbond substituents is 1. The molecule has 8 rings (SSSR count). The van der Waals surface area contributed by atoms with Gasteiger partial charge in [0.2, 0.25) is 0 Å². The van der Waals surface area contributed by atoms with E-state index < -0.39 is 69.4 Å². The number of hydrogen-bond acceptors (Lipinski definition) is 11. The van der Waals surface area contributed by atoms with Crippen LogP contribution >= 0.6 is 0 Å². The summed E-state index contributed by atoms with van der Waals surface area (Å²) in [6.07, 6.45) is -0.774. The van der Waals surface area contributed by atoms with Crippen LogP contribution in [0, 0.1) is 18.3 Å². The van der Waals surface area contributed by atoms with Crippen molar-refractivity contribution in [1.82, 2.24) is 0 Å². The van der Waals surface area contributed by atoms with E-state index in [4.69, 9.17) is 9.47 Å². The molecular formula is C31H26O11. The number of benzene rings is 2. The Bertz CT molecular complexity index is 1750. The first-order chi connectivity index (χ1) is 19.8. The van der Waals surface area contributed by atoms with Crippen LogP contribution in [0.5, 0.6) is 11.5 Å². The zero-order valence-electron chi connectivity index (χ0n) is 22.5. The molecular weight excluding hydrogens is 548 g/mol. The maximum atomic E-state index is 14.0. The molecule has 11 nitrogen and oxygen atoms in total. The second-order valence-electron chi connectivity index (χ2n) is 11.7. The molecule has 5 aliphatic carbocycles. The summed E-state index contributed by atoms with van der Waals surface area (Å²) < 4.78 is 10.9. The largest absolute Gasteiger partial charge is 0.507 e. The van der Waals surface area contributed by atoms with Crippen LogP contribution < -0.4 is 4.74 Å². The third kappa shape index (κ3) is 2.90. The van der Waals surface area contributed by atoms with Crippen molar-refractivity contribution in [3.05, 3.63) is 75.4 Å². The van der Waals surface area contributed by atoms with E-state index in [9.17, 15) is 44.7 Å². The first kappa shape index (κ1) is 26.6. The minimum Gasteiger partial charge on any atom is -0.507 e. The lowest BCUT2D eigenvalue weighted by molar-refractivity contribution is -0.169. The molecule has 6 atom stereocenters. The summed E-state index contributed by atoms with van der Waals surface area (Å²) in [6, 6.07) is 5.54. The Morgan fingerprint density at radius 1 is 1.07 bits per heavy atom. The fourth-order valence-electron chi connectivity index (χ4n) is 7.58. The highest BCUT2D eigenvalue weighted by molar-refractivity contribution is 6.18. The number of ether oxygens (including phenoxy) is 2. The Labute approximate surface area is 238 Å². The molecule has 0 aromatic heterocycles. The van der Waals surface area contributed by atoms with Gasteiger partial charge in [0, 0.05) is 11.8 Å². The number of aliphatic hydroxyl groups is 4. The number of carbonyl (C=O) groups is 4. The van der Waals surface area contributed by atoms with Crippen molar-refractivity contribution in [2.75, 3.05) is 7.11 Å². The van der Waals surface area contributed by atoms with Crippen molar-refractivity contribution >= 4 is 29.1 Å². The van der Waals surface area contributed by atoms with Gasteiger partial charge in [0.1, 0.15) is 23.4 Å². The van der Waals surface area contributed by atoms with E-state index >= 15 is 0 Å². The van der Waals surface area contributed by atoms with Gasteiger partial charge in [-0.2, -0.15) is 0 Å². The summed E-state index contributed by atoms with van der Waals surface area (Å²) >= 11 is 0. The number of esters is 1. The number of methoxy groups -OCH3 is 1. The molecule has 6 unspecified atom stereocenters. The molecule has 6 aliphatic rings. The van der Waals surface area contributed by atoms with Crippen LogP contribution in [-0.2, 0) is 31.1 Å². The van der Waals surface area contributed by atoms with Gasteiger partial charge in [-0.25, -0.2) is 4.79 Å². The monoisotopic (exact) mass is 574 g/mol. The first-order valence-electron chi connectivity index (χ1n) is 13.4. The Hall–Kier alpha value is -4.32. The van der Waals surface area contributed by atoms with E-state index in [0.29, 0.717) is 5.56 Å². The predicted octanol–water partition coefficient (Wildman–Crippen LogP) is 1.41. The number of aryl methyl sites for hydroxylation is 1. The lowest BCUT2D eigenvalue weighted by Crippen LogP contribution is -2.61. The van der Waals surface area contributed by atoms with Crippen LogP contribution in [0.1, 0.15) is 57.1 Å². The summed E-state index contributed by atoms with van der Waals surface area (Å²) in [5, 5.41) is 56.5. The van der Waals surface area contributed by atoms with Crippen LogP contribution in [-0.4, -0.2) is 67.7 Å². The SMILES string of the molecule is COC(=O)C12Oc3cc4c(cc3C(O)=C1C(=O)CCC2O)C1(O)C=CC2(C4)C(C(=O)c3c(O)cc(C)cc3C2O)C1=O. The molecule has 2 aromatic carbocycles. The zero-order valence-corrected chi connectivity index (χ0v) is 22.5. The lowest BCUT2D eigenvalue weighted by Gasteiger charge is -2.47. The van der Waals surface area contributed by atoms with Gasteiger partial charge in [0.25, 0.3) is 5.60 Å². The van der Waals surface area contributed by atoms with Gasteiger partial charge in [-0.05, 0) is 66.3 Å². The van der Waals surface area contributed by atoms with Crippen molar-refractivity contribution < 1.29 is 54.2 Å². The van der Waals surface area contributed by atoms with E-state index in [-0.39, 0.29) is 58.6 Å². The van der Waals surface area contributed by atoms with E-state index in [1.807, 2.05) is 0 Å². The van der Waals surface area contributed by atoms with Gasteiger partial charge < -0.3 is 35.0 Å². The standard InChI is InChI=1S/C31H26O11/c1-12-7-15-21(18(33)8-12)25(36)23-27(38)30(40)6-5-29(23,26(15)37)11-13-9-19-14(10-16(13)30)24(35)22-17(32)3-4-20(34)31(22,42-19)28(39)41-2/h5-10,20,23,26,33-35,37,40H,3-4,11H2,1-2H3. The second kappa shape index (κ2) is 8.15. The molecule has 2 aromatic rings. The van der Waals surface area contributed by atoms with Crippen molar-refractivity contribution in [3.8, 4) is 11.5 Å². The molecule has 1 spiro atoms. The number of fused-ring (bicyclic) bond motifs is 3. The quantitative estimate of drug-likeness (QED) is 0.188. The Morgan fingerprint density at radius 2 is 1.81 bits per heavy atom. The number of phenols is 1. The molecule has 11 heteroatoms. The first-order valence-corrected chi connectivity index (χ1v) is 13.4. The van der Waals surface area contributed by atoms with Gasteiger partial charge in [-0.3, -0.25) is 14.4 Å². The number of aromatic hydroxyl groups is 1. The topological polar surface area (TPSA) is 188 Å². The van der Waals surface area contributed by atoms with Gasteiger partial charge in [0.05, 0.1) is 35.8 Å². The molecule has 1 saturated carbocycles. The third-order valence-electron chi connectivity index (χ3n) is 9.54. The van der Waals surface area contributed by atoms with Crippen LogP contribution in [0.15, 0.2) is 42.0 Å². The maximum absolute atomic E-state index is 14.0. The Kier molecular flexibility index (Phi) is 5.16. The summed E-state index contributed by atoms with van der Waals surface area (Å²) in [5.74, 6) is -6.17. The molecule has 216 valence electrons. The molecule has 0 radical (unpaired) electrons. The van der Waals surface area contributed by atoms with Crippen molar-refractivity contribution in [2.24, 2.45) is 11.3 Å². The maximum Gasteiger partial charge on any atom is 0.358 e. The average Bonchev–Trinajstić information content (AvgIpc) is 3.11. The molecule has 0 amide bonds. The third-order valence-corrected chi connectivity index (χ3v) is 9.54. The second-order valence-corrected chi connectivity index (χ2v) is 11.7. The summed E-state index contributed by atoms with van der Waals surface area (Å²) in [4.78, 5) is 53.9. The molecule has 42 heavy (non-hydrogen) atoms. The van der Waals surface area contributed by atoms with Crippen molar-refractivity contribution in [3.63, 3.8) is 0 Å². The molecule has 1 aliphatic heterocycles. The van der Waals surface area contributed by atoms with E-state index in [1.165, 1.54) is 30.4 Å². The highest BCUT2D eigenvalue weighted by atomic mass is 16.6. The zero-order chi connectivity index (χ0) is 30.1. The van der Waals surface area contributed by atoms with Gasteiger partial charge in [-0.1, -0.05) is 12.1 Å². The van der Waals surface area contributed by atoms with Crippen LogP contribution in [0.25, 0.3) is 5.76 Å². The average molecular weight is 575 g/mol. The van der Waals surface area contributed by atoms with E-state index in [2.05, 4.69) is 0 Å². The van der Waals surface area contributed by atoms with Gasteiger partial charge in [0.15, 0.2) is 23.0 Å². The molecule has 1 heterocycles. The van der Waals surface area contributed by atoms with Crippen LogP contribution in [0.2, 0.25) is 0 Å². The normalized spacial score (nSPS) is 34.0. The minimum atomic E-state index is -2.37. The number of carbonyl (C=O) groups excluding carboxylic acids is 4. The number of ketones is 3. The number of aliphatic hydroxyl groups excluding tert-OH is 3. The van der Waals surface area contributed by atoms with Gasteiger partial charge in [-0.15, -0.1) is 0 Å². The van der Waals surface area contributed by atoms with E-state index in [0.717, 1.165) is 7.11 Å². The Morgan fingerprint density at radius 3 is 2.52 bits per heavy atom. The lowest BCUT2D eigenvalue weighted by atomic mass is 9.55. The van der Waals surface area contributed by atoms with E-state index in [1.54, 1.807) is 13.0 Å². The number of Topliss-reactive ketones (excluding diaryl/α,β-unsaturated/α-hetero) is 3. The summed E-state index contributed by atoms with van der Waals surface area (Å²) in [6.45, 7) is 1.68. The highest BCUT2D eigenvalue weighted by Gasteiger charge is 2.65. The molecule has 1 fully saturated rings. The fourth-order valence-corrected chi connectivity index (χ4v) is 7.58. The van der Waals surface area contributed by atoms with Crippen molar-refractivity contribution in [1.29, 1.82) is 0 Å². The molecule has 0 saturated heterocycles. The van der Waals surface area contributed by atoms with Gasteiger partial charge >= 0.3 is 5.97 Å². The van der Waals surface area contributed by atoms with Crippen molar-refractivity contribution in [2.45, 2.75) is 49.6 Å². The number of rotatable bonds is 1. The smallest absolute Gasteiger partial charge is 0.358 e. The fraction of sp³-hybridized carbons (Fsp3) is 0.355. The van der Waals surface area contributed by atoms with Crippen LogP contribution in [0.3, 0.4) is 0 Å². The molecule has 2 bridgehead atoms. The molecule has 5 N–H and O–H groups in total. The highest BCUT2D eigenvalue weighted by Crippen LogP contribution is 2.60. The predicted molar refractivity (Wildman–Crippen MR) is 141 cm³/mol. The summed E-state index contributed by atoms with van der Waals surface area (Å²) in [5.41, 5.74) is -6.09. The summed E-state index contributed by atoms with van der Waals surface area (Å²) in [7, 11) is 1.05. The Balaban J connectivity index is 1.47. The number of hydrogen-bond donors (Lipinski definition) is 5. The van der Waals surface area contributed by atoms with Crippen LogP contribution in [0.4, 0.5) is 0 Å². The minimum absolute atomic E-state index is 0.0108.